The van der Waals surface area contributed by atoms with Crippen LogP contribution in [0.3, 0.4) is 0 Å². The molecule has 0 bridgehead atoms. The van der Waals surface area contributed by atoms with E-state index >= 15 is 0 Å². The maximum absolute atomic E-state index is 5.48. The number of aromatic nitrogens is 3. The van der Waals surface area contributed by atoms with Crippen LogP contribution in [0.5, 0.6) is 11.5 Å². The number of ether oxygens (including phenoxy) is 2. The molecule has 2 heterocycles. The Balaban J connectivity index is 1.44. The molecule has 3 aromatic carbocycles. The fraction of sp³-hybridized carbons (Fsp3) is 0.185. The van der Waals surface area contributed by atoms with E-state index in [0.29, 0.717) is 23.9 Å². The second-order valence-electron chi connectivity index (χ2n) is 8.10. The molecule has 0 amide bonds. The molecule has 0 spiro atoms. The number of aryl methyl sites for hydroxylation is 2. The largest absolute Gasteiger partial charge is 0.493 e. The van der Waals surface area contributed by atoms with Crippen LogP contribution in [0.1, 0.15) is 11.4 Å². The molecule has 0 fully saturated rings. The lowest BCUT2D eigenvalue weighted by molar-refractivity contribution is 0.356. The second kappa shape index (κ2) is 8.47. The Morgan fingerprint density at radius 3 is 2.48 bits per heavy atom. The number of methoxy groups -OCH3 is 2. The van der Waals surface area contributed by atoms with Crippen molar-refractivity contribution in [1.82, 2.24) is 14.5 Å². The predicted octanol–water partition coefficient (Wildman–Crippen LogP) is 5.73. The standard InChI is InChI=1S/C27H26N4O2/c1-17-29-23-15-26(33-4)25(32-3)14-22(23)27(30-17)28-16-18-6-5-7-19(12-18)20-8-9-24-21(13-20)10-11-31(24)2/h5-15H,16H2,1-4H3,(H,28,29,30). The molecule has 0 saturated carbocycles. The van der Waals surface area contributed by atoms with Gasteiger partial charge in [0.2, 0.25) is 0 Å². The first-order valence-electron chi connectivity index (χ1n) is 10.8. The Kier molecular flexibility index (Phi) is 5.34. The van der Waals surface area contributed by atoms with Crippen molar-refractivity contribution >= 4 is 27.6 Å². The van der Waals surface area contributed by atoms with Crippen molar-refractivity contribution in [3.63, 3.8) is 0 Å². The van der Waals surface area contributed by atoms with Crippen molar-refractivity contribution in [3.05, 3.63) is 78.2 Å². The van der Waals surface area contributed by atoms with Gasteiger partial charge < -0.3 is 19.4 Å². The molecular formula is C27H26N4O2. The summed E-state index contributed by atoms with van der Waals surface area (Å²) in [5, 5.41) is 5.63. The van der Waals surface area contributed by atoms with Crippen molar-refractivity contribution < 1.29 is 9.47 Å². The van der Waals surface area contributed by atoms with E-state index in [4.69, 9.17) is 9.47 Å². The summed E-state index contributed by atoms with van der Waals surface area (Å²) in [6.45, 7) is 2.53. The number of anilines is 1. The van der Waals surface area contributed by atoms with Crippen LogP contribution < -0.4 is 14.8 Å². The van der Waals surface area contributed by atoms with Gasteiger partial charge in [0.15, 0.2) is 11.5 Å². The Bertz CT molecular complexity index is 1470. The minimum Gasteiger partial charge on any atom is -0.493 e. The van der Waals surface area contributed by atoms with Gasteiger partial charge in [-0.15, -0.1) is 0 Å². The minimum absolute atomic E-state index is 0.640. The fourth-order valence-electron chi connectivity index (χ4n) is 4.21. The first-order chi connectivity index (χ1) is 16.1. The molecule has 0 radical (unpaired) electrons. The average molecular weight is 439 g/mol. The quantitative estimate of drug-likeness (QED) is 0.367. The van der Waals surface area contributed by atoms with Crippen LogP contribution in [0.2, 0.25) is 0 Å². The SMILES string of the molecule is COc1cc2nc(C)nc(NCc3cccc(-c4ccc5c(ccn5C)c4)c3)c2cc1OC. The zero-order chi connectivity index (χ0) is 22.9. The highest BCUT2D eigenvalue weighted by Gasteiger charge is 2.12. The van der Waals surface area contributed by atoms with Crippen LogP contribution in [0.4, 0.5) is 5.82 Å². The number of nitrogens with one attached hydrogen (secondary N) is 1. The van der Waals surface area contributed by atoms with Crippen molar-refractivity contribution in [2.45, 2.75) is 13.5 Å². The van der Waals surface area contributed by atoms with Crippen molar-refractivity contribution in [2.24, 2.45) is 7.05 Å². The van der Waals surface area contributed by atoms with Gasteiger partial charge in [-0.25, -0.2) is 9.97 Å². The predicted molar refractivity (Wildman–Crippen MR) is 133 cm³/mol. The van der Waals surface area contributed by atoms with Crippen molar-refractivity contribution in [1.29, 1.82) is 0 Å². The third-order valence-electron chi connectivity index (χ3n) is 5.92. The van der Waals surface area contributed by atoms with Gasteiger partial charge in [0.25, 0.3) is 0 Å². The van der Waals surface area contributed by atoms with E-state index in [1.165, 1.54) is 27.6 Å². The lowest BCUT2D eigenvalue weighted by Crippen LogP contribution is -2.05. The van der Waals surface area contributed by atoms with Crippen LogP contribution in [-0.4, -0.2) is 28.8 Å². The highest BCUT2D eigenvalue weighted by Crippen LogP contribution is 2.34. The Morgan fingerprint density at radius 2 is 1.67 bits per heavy atom. The minimum atomic E-state index is 0.640. The van der Waals surface area contributed by atoms with Crippen molar-refractivity contribution in [2.75, 3.05) is 19.5 Å². The molecule has 5 rings (SSSR count). The summed E-state index contributed by atoms with van der Waals surface area (Å²) in [5.41, 5.74) is 5.61. The summed E-state index contributed by atoms with van der Waals surface area (Å²) in [6.07, 6.45) is 2.09. The Hall–Kier alpha value is -4.06. The first-order valence-corrected chi connectivity index (χ1v) is 10.8. The fourth-order valence-corrected chi connectivity index (χ4v) is 4.21. The molecular weight excluding hydrogens is 412 g/mol. The van der Waals surface area contributed by atoms with Gasteiger partial charge in [0.05, 0.1) is 19.7 Å². The van der Waals surface area contributed by atoms with Gasteiger partial charge in [-0.3, -0.25) is 0 Å². The molecule has 33 heavy (non-hydrogen) atoms. The summed E-state index contributed by atoms with van der Waals surface area (Å²) in [5.74, 6) is 2.77. The number of hydrogen-bond donors (Lipinski definition) is 1. The molecule has 0 unspecified atom stereocenters. The second-order valence-corrected chi connectivity index (χ2v) is 8.10. The highest BCUT2D eigenvalue weighted by molar-refractivity contribution is 5.92. The van der Waals surface area contributed by atoms with Crippen molar-refractivity contribution in [3.8, 4) is 22.6 Å². The highest BCUT2D eigenvalue weighted by atomic mass is 16.5. The summed E-state index contributed by atoms with van der Waals surface area (Å²) >= 11 is 0. The van der Waals surface area contributed by atoms with Crippen LogP contribution in [0.15, 0.2) is 66.9 Å². The first kappa shape index (κ1) is 20.8. The van der Waals surface area contributed by atoms with Gasteiger partial charge in [0, 0.05) is 42.1 Å². The van der Waals surface area contributed by atoms with Crippen LogP contribution >= 0.6 is 0 Å². The molecule has 0 aliphatic heterocycles. The molecule has 0 atom stereocenters. The van der Waals surface area contributed by atoms with E-state index in [2.05, 4.69) is 81.6 Å². The van der Waals surface area contributed by atoms with E-state index in [1.54, 1.807) is 14.2 Å². The van der Waals surface area contributed by atoms with Gasteiger partial charge in [0.1, 0.15) is 11.6 Å². The molecule has 5 aromatic rings. The molecule has 2 aromatic heterocycles. The van der Waals surface area contributed by atoms with Crippen LogP contribution in [0, 0.1) is 6.92 Å². The monoisotopic (exact) mass is 438 g/mol. The van der Waals surface area contributed by atoms with Crippen LogP contribution in [0.25, 0.3) is 32.9 Å². The van der Waals surface area contributed by atoms with E-state index < -0.39 is 0 Å². The van der Waals surface area contributed by atoms with E-state index in [1.807, 2.05) is 19.1 Å². The molecule has 166 valence electrons. The summed E-state index contributed by atoms with van der Waals surface area (Å²) in [7, 11) is 5.32. The third kappa shape index (κ3) is 3.96. The molecule has 1 N–H and O–H groups in total. The zero-order valence-electron chi connectivity index (χ0n) is 19.2. The summed E-state index contributed by atoms with van der Waals surface area (Å²) in [6, 6.07) is 21.1. The summed E-state index contributed by atoms with van der Waals surface area (Å²) in [4.78, 5) is 9.21. The maximum Gasteiger partial charge on any atom is 0.162 e. The Morgan fingerprint density at radius 1 is 0.879 bits per heavy atom. The number of rotatable bonds is 6. The maximum atomic E-state index is 5.48. The van der Waals surface area contributed by atoms with Gasteiger partial charge in [-0.1, -0.05) is 24.3 Å². The average Bonchev–Trinajstić information content (AvgIpc) is 3.21. The topological polar surface area (TPSA) is 61.2 Å². The third-order valence-corrected chi connectivity index (χ3v) is 5.92. The zero-order valence-corrected chi connectivity index (χ0v) is 19.2. The smallest absolute Gasteiger partial charge is 0.162 e. The lowest BCUT2D eigenvalue weighted by Gasteiger charge is -2.13. The lowest BCUT2D eigenvalue weighted by atomic mass is 10.0. The molecule has 0 aliphatic rings. The molecule has 6 heteroatoms. The molecule has 0 saturated heterocycles. The van der Waals surface area contributed by atoms with Gasteiger partial charge in [-0.2, -0.15) is 0 Å². The number of benzene rings is 3. The van der Waals surface area contributed by atoms with Crippen LogP contribution in [-0.2, 0) is 13.6 Å². The van der Waals surface area contributed by atoms with Gasteiger partial charge >= 0.3 is 0 Å². The van der Waals surface area contributed by atoms with E-state index in [-0.39, 0.29) is 0 Å². The molecule has 0 aliphatic carbocycles. The number of hydrogen-bond acceptors (Lipinski definition) is 5. The summed E-state index contributed by atoms with van der Waals surface area (Å²) < 4.78 is 13.0. The number of fused-ring (bicyclic) bond motifs is 2. The Labute approximate surface area is 192 Å². The van der Waals surface area contributed by atoms with Gasteiger partial charge in [-0.05, 0) is 53.9 Å². The number of nitrogens with zero attached hydrogens (tertiary/aromatic N) is 3. The molecule has 6 nitrogen and oxygen atoms in total. The van der Waals surface area contributed by atoms with E-state index in [0.717, 1.165) is 16.7 Å². The van der Waals surface area contributed by atoms with E-state index in [9.17, 15) is 0 Å². The normalized spacial score (nSPS) is 11.2.